The molecule has 0 aliphatic rings. The molecule has 1 aromatic carbocycles. The van der Waals surface area contributed by atoms with Crippen LogP contribution in [0.4, 0.5) is 0 Å². The van der Waals surface area contributed by atoms with Crippen LogP contribution in [-0.2, 0) is 9.53 Å². The first-order chi connectivity index (χ1) is 12.2. The topological polar surface area (TPSA) is 88.3 Å². The minimum atomic E-state index is -0.961. The van der Waals surface area contributed by atoms with Crippen molar-refractivity contribution >= 4 is 17.7 Å². The van der Waals surface area contributed by atoms with Gasteiger partial charge in [0.25, 0.3) is 5.91 Å². The number of esters is 1. The Kier molecular flexibility index (Phi) is 5.97. The summed E-state index contributed by atoms with van der Waals surface area (Å²) < 4.78 is 5.27. The number of hydrogen-bond acceptors (Lipinski definition) is 4. The molecule has 1 heterocycles. The number of benzene rings is 1. The van der Waals surface area contributed by atoms with E-state index in [0.29, 0.717) is 16.8 Å². The van der Waals surface area contributed by atoms with E-state index >= 15 is 0 Å². The van der Waals surface area contributed by atoms with Crippen molar-refractivity contribution in [2.75, 3.05) is 0 Å². The molecule has 6 heteroatoms. The van der Waals surface area contributed by atoms with Gasteiger partial charge in [-0.05, 0) is 45.7 Å². The molecule has 2 rings (SSSR count). The van der Waals surface area contributed by atoms with Crippen LogP contribution in [0.1, 0.15) is 64.5 Å². The Labute approximate surface area is 152 Å². The molecule has 1 aromatic heterocycles. The maximum Gasteiger partial charge on any atom is 0.355 e. The standard InChI is InChI=1S/C20H24N2O4/c1-11-17(14(4)23)13(3)21-18(11)20(25)26-15(5)19(24)22-12(2)16-9-7-6-8-10-16/h6-10,12,15,21H,1-5H3,(H,22,24)/t12-,15+/m1/s1. The Balaban J connectivity index is 2.04. The van der Waals surface area contributed by atoms with E-state index in [1.807, 2.05) is 37.3 Å². The highest BCUT2D eigenvalue weighted by molar-refractivity contribution is 6.01. The van der Waals surface area contributed by atoms with Gasteiger partial charge in [0.15, 0.2) is 11.9 Å². The molecule has 26 heavy (non-hydrogen) atoms. The van der Waals surface area contributed by atoms with Crippen molar-refractivity contribution in [3.05, 3.63) is 58.4 Å². The molecule has 0 aliphatic heterocycles. The van der Waals surface area contributed by atoms with Crippen molar-refractivity contribution in [3.8, 4) is 0 Å². The number of aryl methyl sites for hydroxylation is 1. The van der Waals surface area contributed by atoms with Gasteiger partial charge in [-0.3, -0.25) is 9.59 Å². The van der Waals surface area contributed by atoms with Crippen LogP contribution < -0.4 is 5.32 Å². The van der Waals surface area contributed by atoms with Gasteiger partial charge in [-0.2, -0.15) is 0 Å². The second-order valence-corrected chi connectivity index (χ2v) is 6.37. The number of carbonyl (C=O) groups excluding carboxylic acids is 3. The molecule has 0 fully saturated rings. The first-order valence-electron chi connectivity index (χ1n) is 8.48. The van der Waals surface area contributed by atoms with Gasteiger partial charge in [0.2, 0.25) is 0 Å². The summed E-state index contributed by atoms with van der Waals surface area (Å²) in [5.41, 5.74) is 2.78. The fourth-order valence-electron chi connectivity index (χ4n) is 2.91. The number of nitrogens with one attached hydrogen (secondary N) is 2. The molecule has 2 atom stereocenters. The van der Waals surface area contributed by atoms with Gasteiger partial charge in [0.05, 0.1) is 6.04 Å². The number of carbonyl (C=O) groups is 3. The Morgan fingerprint density at radius 2 is 1.69 bits per heavy atom. The zero-order valence-corrected chi connectivity index (χ0v) is 15.7. The Hall–Kier alpha value is -2.89. The van der Waals surface area contributed by atoms with Crippen molar-refractivity contribution in [1.29, 1.82) is 0 Å². The second kappa shape index (κ2) is 7.99. The van der Waals surface area contributed by atoms with Gasteiger partial charge in [0, 0.05) is 11.3 Å². The van der Waals surface area contributed by atoms with Gasteiger partial charge >= 0.3 is 5.97 Å². The number of hydrogen-bond donors (Lipinski definition) is 2. The lowest BCUT2D eigenvalue weighted by Gasteiger charge is -2.18. The number of ether oxygens (including phenoxy) is 1. The average Bonchev–Trinajstić information content (AvgIpc) is 2.90. The van der Waals surface area contributed by atoms with Crippen molar-refractivity contribution in [1.82, 2.24) is 10.3 Å². The third-order valence-electron chi connectivity index (χ3n) is 4.31. The lowest BCUT2D eigenvalue weighted by atomic mass is 10.1. The third kappa shape index (κ3) is 4.20. The summed E-state index contributed by atoms with van der Waals surface area (Å²) >= 11 is 0. The van der Waals surface area contributed by atoms with E-state index < -0.39 is 12.1 Å². The molecule has 1 amide bonds. The number of ketones is 1. The van der Waals surface area contributed by atoms with Gasteiger partial charge in [-0.1, -0.05) is 30.3 Å². The van der Waals surface area contributed by atoms with Crippen molar-refractivity contribution in [2.24, 2.45) is 0 Å². The van der Waals surface area contributed by atoms with Gasteiger partial charge in [-0.25, -0.2) is 4.79 Å². The fraction of sp³-hybridized carbons (Fsp3) is 0.350. The average molecular weight is 356 g/mol. The van der Waals surface area contributed by atoms with E-state index in [4.69, 9.17) is 4.74 Å². The minimum Gasteiger partial charge on any atom is -0.448 e. The fourth-order valence-corrected chi connectivity index (χ4v) is 2.91. The molecule has 0 bridgehead atoms. The second-order valence-electron chi connectivity index (χ2n) is 6.37. The molecule has 0 radical (unpaired) electrons. The van der Waals surface area contributed by atoms with E-state index in [2.05, 4.69) is 10.3 Å². The van der Waals surface area contributed by atoms with Gasteiger partial charge < -0.3 is 15.0 Å². The van der Waals surface area contributed by atoms with E-state index in [-0.39, 0.29) is 23.4 Å². The SMILES string of the molecule is CC(=O)c1c(C)[nH]c(C(=O)O[C@@H](C)C(=O)N[C@H](C)c2ccccc2)c1C. The molecule has 138 valence electrons. The van der Waals surface area contributed by atoms with Crippen molar-refractivity contribution in [3.63, 3.8) is 0 Å². The monoisotopic (exact) mass is 356 g/mol. The summed E-state index contributed by atoms with van der Waals surface area (Å²) in [6.45, 7) is 8.22. The predicted molar refractivity (Wildman–Crippen MR) is 98.1 cm³/mol. The molecule has 6 nitrogen and oxygen atoms in total. The highest BCUT2D eigenvalue weighted by Gasteiger charge is 2.25. The lowest BCUT2D eigenvalue weighted by molar-refractivity contribution is -0.129. The molecular formula is C20H24N2O4. The number of H-pyrrole nitrogens is 1. The van der Waals surface area contributed by atoms with Crippen LogP contribution in [-0.4, -0.2) is 28.7 Å². The smallest absolute Gasteiger partial charge is 0.355 e. The van der Waals surface area contributed by atoms with E-state index in [1.165, 1.54) is 13.8 Å². The zero-order valence-electron chi connectivity index (χ0n) is 15.7. The number of amides is 1. The molecule has 0 aliphatic carbocycles. The molecule has 2 aromatic rings. The molecule has 2 N–H and O–H groups in total. The largest absolute Gasteiger partial charge is 0.448 e. The number of aromatic amines is 1. The summed E-state index contributed by atoms with van der Waals surface area (Å²) in [5.74, 6) is -1.17. The van der Waals surface area contributed by atoms with E-state index in [9.17, 15) is 14.4 Å². The maximum absolute atomic E-state index is 12.4. The molecule has 0 unspecified atom stereocenters. The van der Waals surface area contributed by atoms with Crippen molar-refractivity contribution in [2.45, 2.75) is 46.8 Å². The van der Waals surface area contributed by atoms with Crippen LogP contribution in [0.5, 0.6) is 0 Å². The summed E-state index contributed by atoms with van der Waals surface area (Å²) in [5, 5.41) is 2.82. The van der Waals surface area contributed by atoms with Crippen LogP contribution in [0.2, 0.25) is 0 Å². The van der Waals surface area contributed by atoms with Gasteiger partial charge in [0.1, 0.15) is 5.69 Å². The summed E-state index contributed by atoms with van der Waals surface area (Å²) in [6.07, 6.45) is -0.961. The number of Topliss-reactive ketones (excluding diaryl/α,β-unsaturated/α-hetero) is 1. The van der Waals surface area contributed by atoms with Crippen LogP contribution in [0.3, 0.4) is 0 Å². The number of aromatic nitrogens is 1. The molecule has 0 spiro atoms. The maximum atomic E-state index is 12.4. The molecular weight excluding hydrogens is 332 g/mol. The van der Waals surface area contributed by atoms with Crippen LogP contribution in [0, 0.1) is 13.8 Å². The first-order valence-corrected chi connectivity index (χ1v) is 8.48. The highest BCUT2D eigenvalue weighted by atomic mass is 16.5. The van der Waals surface area contributed by atoms with Crippen LogP contribution in [0.25, 0.3) is 0 Å². The minimum absolute atomic E-state index is 0.127. The summed E-state index contributed by atoms with van der Waals surface area (Å²) in [4.78, 5) is 39.2. The highest BCUT2D eigenvalue weighted by Crippen LogP contribution is 2.20. The third-order valence-corrected chi connectivity index (χ3v) is 4.31. The Morgan fingerprint density at radius 3 is 2.23 bits per heavy atom. The Bertz CT molecular complexity index is 824. The first kappa shape index (κ1) is 19.4. The normalized spacial score (nSPS) is 13.0. The lowest BCUT2D eigenvalue weighted by Crippen LogP contribution is -2.37. The van der Waals surface area contributed by atoms with Gasteiger partial charge in [-0.15, -0.1) is 0 Å². The number of rotatable bonds is 6. The quantitative estimate of drug-likeness (QED) is 0.614. The molecule has 0 saturated heterocycles. The van der Waals surface area contributed by atoms with Crippen LogP contribution >= 0.6 is 0 Å². The van der Waals surface area contributed by atoms with E-state index in [1.54, 1.807) is 13.8 Å². The predicted octanol–water partition coefficient (Wildman–Crippen LogP) is 3.26. The summed E-state index contributed by atoms with van der Waals surface area (Å²) in [6, 6.07) is 9.31. The van der Waals surface area contributed by atoms with Crippen molar-refractivity contribution < 1.29 is 19.1 Å². The van der Waals surface area contributed by atoms with Crippen LogP contribution in [0.15, 0.2) is 30.3 Å². The molecule has 0 saturated carbocycles. The zero-order chi connectivity index (χ0) is 19.4. The summed E-state index contributed by atoms with van der Waals surface area (Å²) in [7, 11) is 0. The van der Waals surface area contributed by atoms with E-state index in [0.717, 1.165) is 5.56 Å². The Morgan fingerprint density at radius 1 is 1.08 bits per heavy atom.